The first-order valence-electron chi connectivity index (χ1n) is 5.12. The van der Waals surface area contributed by atoms with Crippen LogP contribution in [0.1, 0.15) is 12.5 Å². The van der Waals surface area contributed by atoms with Gasteiger partial charge in [0.1, 0.15) is 0 Å². The van der Waals surface area contributed by atoms with Crippen molar-refractivity contribution in [2.45, 2.75) is 29.7 Å². The Balaban J connectivity index is 2.06. The molecule has 0 aliphatic rings. The van der Waals surface area contributed by atoms with Crippen molar-refractivity contribution in [1.82, 2.24) is 30.2 Å². The quantitative estimate of drug-likeness (QED) is 0.766. The molecule has 0 spiro atoms. The van der Waals surface area contributed by atoms with Gasteiger partial charge in [0.15, 0.2) is 5.16 Å². The first kappa shape index (κ1) is 11.9. The van der Waals surface area contributed by atoms with E-state index < -0.39 is 0 Å². The molecule has 2 aromatic rings. The Kier molecular flexibility index (Phi) is 3.64. The minimum Gasteiger partial charge on any atom is -0.328 e. The van der Waals surface area contributed by atoms with E-state index in [1.54, 1.807) is 24.1 Å². The standard InChI is InChI=1S/C9H13N7S/c1-6(10)3-7-4-11-8(12-5-7)17-9-13-14-15-16(9)2/h4-6H,3,10H2,1-2H3. The topological polar surface area (TPSA) is 95.4 Å². The number of aryl methyl sites for hydroxylation is 1. The van der Waals surface area contributed by atoms with Gasteiger partial charge in [0.25, 0.3) is 0 Å². The predicted molar refractivity (Wildman–Crippen MR) is 62.3 cm³/mol. The van der Waals surface area contributed by atoms with Crippen LogP contribution in [0.4, 0.5) is 0 Å². The Hall–Kier alpha value is -1.54. The molecular formula is C9H13N7S. The third-order valence-corrected chi connectivity index (χ3v) is 2.92. The summed E-state index contributed by atoms with van der Waals surface area (Å²) in [6, 6.07) is 0.111. The predicted octanol–water partition coefficient (Wildman–Crippen LogP) is 0.0410. The minimum absolute atomic E-state index is 0.111. The van der Waals surface area contributed by atoms with Gasteiger partial charge in [-0.05, 0) is 41.1 Å². The molecule has 7 nitrogen and oxygen atoms in total. The van der Waals surface area contributed by atoms with Crippen LogP contribution in [-0.4, -0.2) is 36.2 Å². The van der Waals surface area contributed by atoms with E-state index in [1.807, 2.05) is 6.92 Å². The molecule has 2 heterocycles. The number of hydrogen-bond acceptors (Lipinski definition) is 7. The Morgan fingerprint density at radius 1 is 1.41 bits per heavy atom. The third-order valence-electron chi connectivity index (χ3n) is 2.00. The lowest BCUT2D eigenvalue weighted by molar-refractivity contribution is 0.663. The summed E-state index contributed by atoms with van der Waals surface area (Å²) >= 11 is 1.32. The van der Waals surface area contributed by atoms with Crippen molar-refractivity contribution in [3.8, 4) is 0 Å². The van der Waals surface area contributed by atoms with E-state index in [9.17, 15) is 0 Å². The molecule has 0 radical (unpaired) electrons. The first-order chi connectivity index (χ1) is 8.15. The van der Waals surface area contributed by atoms with E-state index in [0.29, 0.717) is 10.3 Å². The minimum atomic E-state index is 0.111. The highest BCUT2D eigenvalue weighted by Crippen LogP contribution is 2.20. The van der Waals surface area contributed by atoms with Crippen LogP contribution in [0.2, 0.25) is 0 Å². The summed E-state index contributed by atoms with van der Waals surface area (Å²) in [5, 5.41) is 12.4. The molecule has 2 N–H and O–H groups in total. The van der Waals surface area contributed by atoms with Crippen molar-refractivity contribution in [2.75, 3.05) is 0 Å². The fraction of sp³-hybridized carbons (Fsp3) is 0.444. The van der Waals surface area contributed by atoms with E-state index in [0.717, 1.165) is 12.0 Å². The summed E-state index contributed by atoms with van der Waals surface area (Å²) in [5.41, 5.74) is 6.73. The maximum absolute atomic E-state index is 5.70. The molecule has 90 valence electrons. The molecule has 2 aromatic heterocycles. The molecule has 0 saturated heterocycles. The second-order valence-corrected chi connectivity index (χ2v) is 4.68. The zero-order valence-corrected chi connectivity index (χ0v) is 10.4. The summed E-state index contributed by atoms with van der Waals surface area (Å²) in [6.07, 6.45) is 4.33. The number of hydrogen-bond donors (Lipinski definition) is 1. The molecule has 0 fully saturated rings. The van der Waals surface area contributed by atoms with Crippen LogP contribution in [0.3, 0.4) is 0 Å². The zero-order valence-electron chi connectivity index (χ0n) is 9.61. The summed E-state index contributed by atoms with van der Waals surface area (Å²) < 4.78 is 1.57. The van der Waals surface area contributed by atoms with Gasteiger partial charge in [0.05, 0.1) is 0 Å². The van der Waals surface area contributed by atoms with Gasteiger partial charge in [0, 0.05) is 25.5 Å². The van der Waals surface area contributed by atoms with Crippen molar-refractivity contribution >= 4 is 11.8 Å². The summed E-state index contributed by atoms with van der Waals surface area (Å²) in [6.45, 7) is 1.95. The Morgan fingerprint density at radius 3 is 2.65 bits per heavy atom. The molecule has 0 amide bonds. The monoisotopic (exact) mass is 251 g/mol. The molecule has 0 aliphatic carbocycles. The highest BCUT2D eigenvalue weighted by atomic mass is 32.2. The Bertz CT molecular complexity index is 478. The molecule has 1 atom stereocenters. The molecule has 17 heavy (non-hydrogen) atoms. The molecule has 1 unspecified atom stereocenters. The average molecular weight is 251 g/mol. The van der Waals surface area contributed by atoms with Crippen molar-refractivity contribution in [1.29, 1.82) is 0 Å². The van der Waals surface area contributed by atoms with Crippen molar-refractivity contribution in [3.05, 3.63) is 18.0 Å². The van der Waals surface area contributed by atoms with Crippen LogP contribution in [-0.2, 0) is 13.5 Å². The number of nitrogens with two attached hydrogens (primary N) is 1. The third kappa shape index (κ3) is 3.21. The molecular weight excluding hydrogens is 238 g/mol. The molecule has 0 saturated carbocycles. The van der Waals surface area contributed by atoms with Crippen LogP contribution in [0, 0.1) is 0 Å². The number of rotatable bonds is 4. The van der Waals surface area contributed by atoms with Crippen LogP contribution in [0.5, 0.6) is 0 Å². The van der Waals surface area contributed by atoms with E-state index >= 15 is 0 Å². The van der Waals surface area contributed by atoms with Gasteiger partial charge in [-0.1, -0.05) is 0 Å². The fourth-order valence-electron chi connectivity index (χ4n) is 1.26. The van der Waals surface area contributed by atoms with E-state index in [1.165, 1.54) is 11.8 Å². The summed E-state index contributed by atoms with van der Waals surface area (Å²) in [7, 11) is 1.77. The zero-order chi connectivity index (χ0) is 12.3. The second kappa shape index (κ2) is 5.19. The lowest BCUT2D eigenvalue weighted by atomic mass is 10.1. The van der Waals surface area contributed by atoms with Gasteiger partial charge in [0.2, 0.25) is 5.16 Å². The lowest BCUT2D eigenvalue weighted by Crippen LogP contribution is -2.18. The average Bonchev–Trinajstić information content (AvgIpc) is 2.67. The molecule has 0 aliphatic heterocycles. The Labute approximate surface area is 103 Å². The van der Waals surface area contributed by atoms with Crippen molar-refractivity contribution in [3.63, 3.8) is 0 Å². The van der Waals surface area contributed by atoms with Gasteiger partial charge in [-0.2, -0.15) is 0 Å². The summed E-state index contributed by atoms with van der Waals surface area (Å²) in [4.78, 5) is 8.47. The van der Waals surface area contributed by atoms with E-state index in [2.05, 4.69) is 25.5 Å². The molecule has 0 bridgehead atoms. The van der Waals surface area contributed by atoms with Gasteiger partial charge < -0.3 is 5.73 Å². The number of tetrazole rings is 1. The number of nitrogens with zero attached hydrogens (tertiary/aromatic N) is 6. The first-order valence-corrected chi connectivity index (χ1v) is 5.93. The van der Waals surface area contributed by atoms with Crippen LogP contribution < -0.4 is 5.73 Å². The fourth-order valence-corrected chi connectivity index (χ4v) is 1.88. The van der Waals surface area contributed by atoms with Crippen LogP contribution in [0.15, 0.2) is 22.7 Å². The number of aromatic nitrogens is 6. The largest absolute Gasteiger partial charge is 0.328 e. The van der Waals surface area contributed by atoms with E-state index in [4.69, 9.17) is 5.73 Å². The summed E-state index contributed by atoms with van der Waals surface area (Å²) in [5.74, 6) is 0. The van der Waals surface area contributed by atoms with Crippen LogP contribution in [0.25, 0.3) is 0 Å². The van der Waals surface area contributed by atoms with Gasteiger partial charge in [-0.3, -0.25) is 0 Å². The van der Waals surface area contributed by atoms with Gasteiger partial charge in [-0.25, -0.2) is 14.6 Å². The van der Waals surface area contributed by atoms with Crippen molar-refractivity contribution in [2.24, 2.45) is 12.8 Å². The molecule has 8 heteroatoms. The van der Waals surface area contributed by atoms with Crippen LogP contribution >= 0.6 is 11.8 Å². The lowest BCUT2D eigenvalue weighted by Gasteiger charge is -2.04. The highest BCUT2D eigenvalue weighted by Gasteiger charge is 2.07. The van der Waals surface area contributed by atoms with Gasteiger partial charge in [-0.15, -0.1) is 5.10 Å². The SMILES string of the molecule is CC(N)Cc1cnc(Sc2nnnn2C)nc1. The second-order valence-electron chi connectivity index (χ2n) is 3.74. The highest BCUT2D eigenvalue weighted by molar-refractivity contribution is 7.99. The smallest absolute Gasteiger partial charge is 0.216 e. The normalized spacial score (nSPS) is 12.6. The maximum Gasteiger partial charge on any atom is 0.216 e. The Morgan fingerprint density at radius 2 is 2.12 bits per heavy atom. The van der Waals surface area contributed by atoms with Crippen molar-refractivity contribution < 1.29 is 0 Å². The molecule has 2 rings (SSSR count). The molecule has 0 aromatic carbocycles. The van der Waals surface area contributed by atoms with E-state index in [-0.39, 0.29) is 6.04 Å². The van der Waals surface area contributed by atoms with Gasteiger partial charge >= 0.3 is 0 Å². The maximum atomic E-state index is 5.70.